The molecule has 0 bridgehead atoms. The van der Waals surface area contributed by atoms with Crippen molar-refractivity contribution >= 4 is 11.9 Å². The first-order valence-corrected chi connectivity index (χ1v) is 6.93. The average molecular weight is 292 g/mol. The van der Waals surface area contributed by atoms with Crippen LogP contribution in [0, 0.1) is 11.8 Å². The van der Waals surface area contributed by atoms with Crippen molar-refractivity contribution < 1.29 is 19.1 Å². The molecule has 124 valence electrons. The highest BCUT2D eigenvalue weighted by atomic mass is 16.5. The average Bonchev–Trinajstić information content (AvgIpc) is 2.38. The Morgan fingerprint density at radius 2 is 1.05 bits per heavy atom. The molecule has 0 radical (unpaired) electrons. The molecule has 0 unspecified atom stereocenters. The van der Waals surface area contributed by atoms with Crippen LogP contribution in [0.3, 0.4) is 0 Å². The van der Waals surface area contributed by atoms with Crippen LogP contribution in [0.4, 0.5) is 0 Å². The SMILES string of the molecule is C.CCCCC.COC(=O)C(C)C.COC(=O)C(C)C. The van der Waals surface area contributed by atoms with E-state index in [4.69, 9.17) is 0 Å². The summed E-state index contributed by atoms with van der Waals surface area (Å²) < 4.78 is 8.75. The Hall–Kier alpha value is -1.06. The lowest BCUT2D eigenvalue weighted by Gasteiger charge is -1.97. The van der Waals surface area contributed by atoms with Gasteiger partial charge in [-0.25, -0.2) is 0 Å². The minimum absolute atomic E-state index is 0. The number of ether oxygens (including phenoxy) is 2. The van der Waals surface area contributed by atoms with Crippen molar-refractivity contribution in [2.45, 2.75) is 68.2 Å². The topological polar surface area (TPSA) is 52.6 Å². The first-order valence-electron chi connectivity index (χ1n) is 6.93. The summed E-state index contributed by atoms with van der Waals surface area (Å²) in [5, 5.41) is 0. The highest BCUT2D eigenvalue weighted by Gasteiger charge is 2.03. The number of esters is 2. The van der Waals surface area contributed by atoms with Crippen LogP contribution in [0.25, 0.3) is 0 Å². The number of unbranched alkanes of at least 4 members (excludes halogenated alkanes) is 2. The fraction of sp³-hybridized carbons (Fsp3) is 0.875. The molecule has 0 aromatic carbocycles. The molecule has 0 aliphatic heterocycles. The van der Waals surface area contributed by atoms with Crippen molar-refractivity contribution in [1.82, 2.24) is 0 Å². The van der Waals surface area contributed by atoms with Crippen molar-refractivity contribution in [1.29, 1.82) is 0 Å². The van der Waals surface area contributed by atoms with Gasteiger partial charge in [-0.15, -0.1) is 0 Å². The molecular formula is C16H36O4. The van der Waals surface area contributed by atoms with Gasteiger partial charge in [0, 0.05) is 0 Å². The molecule has 0 saturated heterocycles. The first kappa shape index (κ1) is 27.3. The molecule has 0 atom stereocenters. The van der Waals surface area contributed by atoms with E-state index < -0.39 is 0 Å². The van der Waals surface area contributed by atoms with Crippen molar-refractivity contribution in [3.8, 4) is 0 Å². The Balaban J connectivity index is -0.0000000952. The van der Waals surface area contributed by atoms with E-state index in [1.54, 1.807) is 27.7 Å². The minimum atomic E-state index is -0.153. The number of hydrogen-bond donors (Lipinski definition) is 0. The van der Waals surface area contributed by atoms with Crippen LogP contribution < -0.4 is 0 Å². The van der Waals surface area contributed by atoms with E-state index in [2.05, 4.69) is 23.3 Å². The van der Waals surface area contributed by atoms with Gasteiger partial charge in [-0.3, -0.25) is 9.59 Å². The molecule has 0 N–H and O–H groups in total. The fourth-order valence-corrected chi connectivity index (χ4v) is 0.825. The molecule has 20 heavy (non-hydrogen) atoms. The van der Waals surface area contributed by atoms with E-state index in [1.165, 1.54) is 33.5 Å². The summed E-state index contributed by atoms with van der Waals surface area (Å²) in [6, 6.07) is 0. The largest absolute Gasteiger partial charge is 0.469 e. The van der Waals surface area contributed by atoms with Gasteiger partial charge in [0.1, 0.15) is 0 Å². The van der Waals surface area contributed by atoms with Gasteiger partial charge in [0.2, 0.25) is 0 Å². The minimum Gasteiger partial charge on any atom is -0.469 e. The maximum atomic E-state index is 10.3. The van der Waals surface area contributed by atoms with Crippen molar-refractivity contribution in [3.63, 3.8) is 0 Å². The maximum absolute atomic E-state index is 10.3. The van der Waals surface area contributed by atoms with E-state index in [-0.39, 0.29) is 31.2 Å². The van der Waals surface area contributed by atoms with Gasteiger partial charge in [0.05, 0.1) is 26.1 Å². The molecule has 0 spiro atoms. The highest BCUT2D eigenvalue weighted by Crippen LogP contribution is 1.92. The summed E-state index contributed by atoms with van der Waals surface area (Å²) in [7, 11) is 2.78. The second kappa shape index (κ2) is 20.3. The smallest absolute Gasteiger partial charge is 0.308 e. The van der Waals surface area contributed by atoms with E-state index in [9.17, 15) is 9.59 Å². The second-order valence-corrected chi connectivity index (χ2v) is 4.71. The molecule has 0 rings (SSSR count). The van der Waals surface area contributed by atoms with Crippen LogP contribution in [0.5, 0.6) is 0 Å². The Labute approximate surface area is 126 Å². The number of carbonyl (C=O) groups excluding carboxylic acids is 2. The Kier molecular flexibility index (Phi) is 27.7. The van der Waals surface area contributed by atoms with E-state index in [0.29, 0.717) is 0 Å². The molecule has 0 aliphatic rings. The van der Waals surface area contributed by atoms with Crippen molar-refractivity contribution in [3.05, 3.63) is 0 Å². The van der Waals surface area contributed by atoms with Crippen LogP contribution >= 0.6 is 0 Å². The summed E-state index contributed by atoms with van der Waals surface area (Å²) in [5.74, 6) is -0.296. The highest BCUT2D eigenvalue weighted by molar-refractivity contribution is 5.71. The lowest BCUT2D eigenvalue weighted by Crippen LogP contribution is -2.07. The fourth-order valence-electron chi connectivity index (χ4n) is 0.825. The van der Waals surface area contributed by atoms with Crippen molar-refractivity contribution in [2.75, 3.05) is 14.2 Å². The number of rotatable bonds is 4. The summed E-state index contributed by atoms with van der Waals surface area (Å²) in [5.41, 5.74) is 0. The molecule has 4 nitrogen and oxygen atoms in total. The summed E-state index contributed by atoms with van der Waals surface area (Å²) >= 11 is 0. The summed E-state index contributed by atoms with van der Waals surface area (Å²) in [6.07, 6.45) is 4.08. The molecule has 0 aromatic rings. The zero-order chi connectivity index (χ0) is 15.8. The zero-order valence-electron chi connectivity index (χ0n) is 13.9. The van der Waals surface area contributed by atoms with Gasteiger partial charge in [-0.05, 0) is 0 Å². The van der Waals surface area contributed by atoms with Gasteiger partial charge < -0.3 is 9.47 Å². The Morgan fingerprint density at radius 1 is 0.800 bits per heavy atom. The first-order chi connectivity index (χ1) is 8.78. The van der Waals surface area contributed by atoms with Crippen LogP contribution in [0.15, 0.2) is 0 Å². The standard InChI is InChI=1S/2C5H10O2.C5H12.CH4/c2*1-4(2)5(6)7-3;1-3-5-4-2;/h2*4H,1-3H3;3-5H2,1-2H3;1H4. The molecule has 4 heteroatoms. The molecule has 0 fully saturated rings. The van der Waals surface area contributed by atoms with E-state index >= 15 is 0 Å². The molecule has 0 saturated carbocycles. The molecule has 0 aromatic heterocycles. The predicted molar refractivity (Wildman–Crippen MR) is 85.6 cm³/mol. The van der Waals surface area contributed by atoms with Gasteiger partial charge >= 0.3 is 11.9 Å². The Bertz CT molecular complexity index is 189. The third-order valence-corrected chi connectivity index (χ3v) is 2.05. The van der Waals surface area contributed by atoms with Crippen LogP contribution in [0.1, 0.15) is 68.2 Å². The Morgan fingerprint density at radius 3 is 1.05 bits per heavy atom. The quantitative estimate of drug-likeness (QED) is 0.718. The number of carbonyl (C=O) groups is 2. The van der Waals surface area contributed by atoms with Crippen LogP contribution in [-0.2, 0) is 19.1 Å². The van der Waals surface area contributed by atoms with Crippen LogP contribution in [-0.4, -0.2) is 26.2 Å². The van der Waals surface area contributed by atoms with Gasteiger partial charge in [0.15, 0.2) is 0 Å². The van der Waals surface area contributed by atoms with Gasteiger partial charge in [-0.1, -0.05) is 68.2 Å². The van der Waals surface area contributed by atoms with Crippen molar-refractivity contribution in [2.24, 2.45) is 11.8 Å². The van der Waals surface area contributed by atoms with E-state index in [0.717, 1.165) is 0 Å². The molecule has 0 amide bonds. The molecule has 0 heterocycles. The van der Waals surface area contributed by atoms with Crippen LogP contribution in [0.2, 0.25) is 0 Å². The van der Waals surface area contributed by atoms with E-state index in [1.807, 2.05) is 0 Å². The molecule has 0 aliphatic carbocycles. The third-order valence-electron chi connectivity index (χ3n) is 2.05. The normalized spacial score (nSPS) is 8.50. The molecular weight excluding hydrogens is 256 g/mol. The summed E-state index contributed by atoms with van der Waals surface area (Å²) in [6.45, 7) is 11.6. The lowest BCUT2D eigenvalue weighted by atomic mass is 10.2. The van der Waals surface area contributed by atoms with Gasteiger partial charge in [0.25, 0.3) is 0 Å². The summed E-state index contributed by atoms with van der Waals surface area (Å²) in [4.78, 5) is 20.6. The monoisotopic (exact) mass is 292 g/mol. The number of methoxy groups -OCH3 is 2. The second-order valence-electron chi connectivity index (χ2n) is 4.71. The number of hydrogen-bond acceptors (Lipinski definition) is 4. The zero-order valence-corrected chi connectivity index (χ0v) is 13.9. The van der Waals surface area contributed by atoms with Gasteiger partial charge in [-0.2, -0.15) is 0 Å². The maximum Gasteiger partial charge on any atom is 0.308 e. The lowest BCUT2D eigenvalue weighted by molar-refractivity contribution is -0.145. The predicted octanol–water partition coefficient (Wildman–Crippen LogP) is 4.46. The third kappa shape index (κ3) is 25.7.